The van der Waals surface area contributed by atoms with Gasteiger partial charge in [0.2, 0.25) is 0 Å². The molecule has 0 saturated carbocycles. The van der Waals surface area contributed by atoms with Gasteiger partial charge in [0.15, 0.2) is 6.29 Å². The Morgan fingerprint density at radius 1 is 0.647 bits per heavy atom. The van der Waals surface area contributed by atoms with E-state index in [2.05, 4.69) is 4.84 Å². The Kier molecular flexibility index (Phi) is 6.69. The summed E-state index contributed by atoms with van der Waals surface area (Å²) in [5.74, 6) is -40.8. The molecule has 1 fully saturated rings. The maximum atomic E-state index is 14.4. The van der Waals surface area contributed by atoms with E-state index < -0.39 is 71.2 Å². The van der Waals surface area contributed by atoms with Crippen molar-refractivity contribution >= 4 is 0 Å². The highest BCUT2D eigenvalue weighted by Gasteiger charge is 2.94. The summed E-state index contributed by atoms with van der Waals surface area (Å²) >= 11 is 0. The van der Waals surface area contributed by atoms with Crippen molar-refractivity contribution in [3.05, 3.63) is 35.9 Å². The van der Waals surface area contributed by atoms with Gasteiger partial charge < -0.3 is 5.11 Å². The molecule has 1 aliphatic heterocycles. The highest BCUT2D eigenvalue weighted by atomic mass is 19.4. The Bertz CT molecular complexity index is 871. The Balaban J connectivity index is 2.59. The lowest BCUT2D eigenvalue weighted by Gasteiger charge is -2.43. The molecule has 1 saturated heterocycles. The SMILES string of the molecule is OC1CC(c2ccccc2)N(C(F)(F)C(F)(F)C(F)(F)C(F)(F)C(F)(F)C(F)(F)C(F)(F)F)O1. The van der Waals surface area contributed by atoms with Crippen LogP contribution in [0, 0.1) is 0 Å². The first-order chi connectivity index (χ1) is 15.0. The van der Waals surface area contributed by atoms with E-state index in [1.54, 1.807) is 0 Å². The van der Waals surface area contributed by atoms with Gasteiger partial charge in [-0.2, -0.15) is 65.9 Å². The van der Waals surface area contributed by atoms with Crippen LogP contribution in [-0.2, 0) is 4.84 Å². The van der Waals surface area contributed by atoms with Crippen molar-refractivity contribution in [3.8, 4) is 0 Å². The van der Waals surface area contributed by atoms with Crippen LogP contribution < -0.4 is 0 Å². The third-order valence-electron chi connectivity index (χ3n) is 4.72. The molecule has 34 heavy (non-hydrogen) atoms. The Morgan fingerprint density at radius 3 is 1.50 bits per heavy atom. The van der Waals surface area contributed by atoms with Gasteiger partial charge >= 0.3 is 41.8 Å². The first-order valence-corrected chi connectivity index (χ1v) is 8.51. The second-order valence-corrected chi connectivity index (χ2v) is 6.96. The second kappa shape index (κ2) is 8.04. The van der Waals surface area contributed by atoms with Crippen molar-refractivity contribution in [2.24, 2.45) is 0 Å². The number of benzene rings is 1. The van der Waals surface area contributed by atoms with Crippen molar-refractivity contribution in [2.75, 3.05) is 0 Å². The lowest BCUT2D eigenvalue weighted by molar-refractivity contribution is -0.479. The third-order valence-corrected chi connectivity index (χ3v) is 4.72. The molecule has 2 unspecified atom stereocenters. The summed E-state index contributed by atoms with van der Waals surface area (Å²) in [6.45, 7) is 0. The van der Waals surface area contributed by atoms with Crippen molar-refractivity contribution in [3.63, 3.8) is 0 Å². The topological polar surface area (TPSA) is 32.7 Å². The molecule has 0 aromatic heterocycles. The van der Waals surface area contributed by atoms with E-state index in [0.29, 0.717) is 0 Å². The number of aliphatic hydroxyl groups excluding tert-OH is 1. The van der Waals surface area contributed by atoms with Gasteiger partial charge in [-0.1, -0.05) is 30.3 Å². The molecular weight excluding hydrogens is 523 g/mol. The number of rotatable bonds is 7. The van der Waals surface area contributed by atoms with Crippen LogP contribution in [0.3, 0.4) is 0 Å². The summed E-state index contributed by atoms with van der Waals surface area (Å²) in [7, 11) is 0. The Morgan fingerprint density at radius 2 is 1.06 bits per heavy atom. The van der Waals surface area contributed by atoms with Crippen LogP contribution in [0.15, 0.2) is 30.3 Å². The zero-order valence-corrected chi connectivity index (χ0v) is 15.7. The lowest BCUT2D eigenvalue weighted by atomic mass is 9.92. The van der Waals surface area contributed by atoms with Gasteiger partial charge in [-0.3, -0.25) is 4.84 Å². The van der Waals surface area contributed by atoms with Crippen LogP contribution in [0.5, 0.6) is 0 Å². The molecule has 1 heterocycles. The molecule has 1 aromatic carbocycles. The predicted molar refractivity (Wildman–Crippen MR) is 78.5 cm³/mol. The van der Waals surface area contributed by atoms with Gasteiger partial charge in [0.05, 0.1) is 6.04 Å². The van der Waals surface area contributed by atoms with E-state index in [4.69, 9.17) is 0 Å². The zero-order chi connectivity index (χ0) is 26.8. The number of hydroxylamine groups is 2. The molecule has 0 bridgehead atoms. The molecule has 196 valence electrons. The van der Waals surface area contributed by atoms with Gasteiger partial charge in [0.25, 0.3) is 0 Å². The molecule has 2 rings (SSSR count). The molecule has 1 N–H and O–H groups in total. The van der Waals surface area contributed by atoms with E-state index in [9.17, 15) is 71.0 Å². The molecule has 1 aromatic rings. The maximum Gasteiger partial charge on any atom is 0.460 e. The molecule has 0 radical (unpaired) electrons. The Hall–Kier alpha value is -1.95. The van der Waals surface area contributed by atoms with Crippen molar-refractivity contribution in [1.82, 2.24) is 5.06 Å². The maximum absolute atomic E-state index is 14.4. The molecule has 0 aliphatic carbocycles. The first-order valence-electron chi connectivity index (χ1n) is 8.51. The number of aliphatic hydroxyl groups is 1. The molecule has 0 spiro atoms. The molecule has 3 nitrogen and oxygen atoms in total. The lowest BCUT2D eigenvalue weighted by Crippen LogP contribution is -2.74. The zero-order valence-electron chi connectivity index (χ0n) is 15.7. The average Bonchev–Trinajstić information content (AvgIpc) is 3.09. The number of alkyl halides is 15. The van der Waals surface area contributed by atoms with Crippen LogP contribution >= 0.6 is 0 Å². The molecule has 2 atom stereocenters. The summed E-state index contributed by atoms with van der Waals surface area (Å²) in [5, 5.41) is 7.88. The van der Waals surface area contributed by atoms with Crippen molar-refractivity contribution < 1.29 is 75.8 Å². The standard InChI is InChI=1S/C16H10F15NO2/c17-10(18,11(19,20)13(23,24)15(27,28)29)12(21,22)14(25,26)16(30,31)32-8(6-9(33)34-32)7-4-2-1-3-5-7/h1-5,8-9,33H,6H2. The summed E-state index contributed by atoms with van der Waals surface area (Å²) < 4.78 is 201. The van der Waals surface area contributed by atoms with Gasteiger partial charge in [0.1, 0.15) is 0 Å². The fourth-order valence-corrected chi connectivity index (χ4v) is 2.84. The first kappa shape index (κ1) is 28.3. The van der Waals surface area contributed by atoms with Crippen molar-refractivity contribution in [2.45, 2.75) is 60.6 Å². The van der Waals surface area contributed by atoms with Crippen molar-refractivity contribution in [1.29, 1.82) is 0 Å². The number of halogens is 15. The molecule has 18 heteroatoms. The number of nitrogens with zero attached hydrogens (tertiary/aromatic N) is 1. The summed E-state index contributed by atoms with van der Waals surface area (Å²) in [6.07, 6.45) is -11.2. The fourth-order valence-electron chi connectivity index (χ4n) is 2.84. The number of hydrogen-bond donors (Lipinski definition) is 1. The summed E-state index contributed by atoms with van der Waals surface area (Å²) in [5.41, 5.74) is -0.474. The quantitative estimate of drug-likeness (QED) is 0.344. The van der Waals surface area contributed by atoms with E-state index >= 15 is 0 Å². The molecule has 0 amide bonds. The highest BCUT2D eigenvalue weighted by Crippen LogP contribution is 2.63. The van der Waals surface area contributed by atoms with E-state index in [-0.39, 0.29) is 0 Å². The minimum Gasteiger partial charge on any atom is -0.366 e. The van der Waals surface area contributed by atoms with Crippen LogP contribution in [0.4, 0.5) is 65.9 Å². The van der Waals surface area contributed by atoms with Crippen LogP contribution in [0.2, 0.25) is 0 Å². The normalized spacial score (nSPS) is 22.4. The van der Waals surface area contributed by atoms with Gasteiger partial charge in [0, 0.05) is 6.42 Å². The smallest absolute Gasteiger partial charge is 0.366 e. The van der Waals surface area contributed by atoms with E-state index in [0.717, 1.165) is 24.3 Å². The monoisotopic (exact) mass is 533 g/mol. The van der Waals surface area contributed by atoms with E-state index in [1.807, 2.05) is 0 Å². The fraction of sp³-hybridized carbons (Fsp3) is 0.625. The molecule has 1 aliphatic rings. The summed E-state index contributed by atoms with van der Waals surface area (Å²) in [6, 6.07) is -3.91. The van der Waals surface area contributed by atoms with Gasteiger partial charge in [-0.05, 0) is 5.56 Å². The minimum absolute atomic E-state index is 0.474. The van der Waals surface area contributed by atoms with Crippen LogP contribution in [-0.4, -0.2) is 58.3 Å². The predicted octanol–water partition coefficient (Wildman–Crippen LogP) is 6.02. The number of hydrogen-bond acceptors (Lipinski definition) is 3. The van der Waals surface area contributed by atoms with Gasteiger partial charge in [-0.15, -0.1) is 5.06 Å². The molecular formula is C16H10F15NO2. The van der Waals surface area contributed by atoms with Crippen LogP contribution in [0.25, 0.3) is 0 Å². The second-order valence-electron chi connectivity index (χ2n) is 6.96. The van der Waals surface area contributed by atoms with E-state index in [1.165, 1.54) is 6.07 Å². The van der Waals surface area contributed by atoms with Gasteiger partial charge in [-0.25, -0.2) is 0 Å². The summed E-state index contributed by atoms with van der Waals surface area (Å²) in [4.78, 5) is 3.86. The minimum atomic E-state index is -8.40. The largest absolute Gasteiger partial charge is 0.460 e. The van der Waals surface area contributed by atoms with Crippen LogP contribution in [0.1, 0.15) is 18.0 Å². The average molecular weight is 533 g/mol. The third kappa shape index (κ3) is 3.77. The highest BCUT2D eigenvalue weighted by molar-refractivity contribution is 5.21. The Labute approximate surface area is 178 Å².